The molecule has 0 N–H and O–H groups in total. The second kappa shape index (κ2) is 3.84. The lowest BCUT2D eigenvalue weighted by molar-refractivity contribution is 0.0769. The average molecular weight is 192 g/mol. The topological polar surface area (TPSA) is 52.1 Å². The van der Waals surface area contributed by atoms with Gasteiger partial charge in [0.05, 0.1) is 0 Å². The molecule has 1 fully saturated rings. The largest absolute Gasteiger partial charge is 0.373 e. The van der Waals surface area contributed by atoms with Crippen molar-refractivity contribution in [2.75, 3.05) is 7.11 Å². The molecule has 4 nitrogen and oxygen atoms in total. The van der Waals surface area contributed by atoms with Crippen molar-refractivity contribution in [3.8, 4) is 0 Å². The minimum Gasteiger partial charge on any atom is -0.373 e. The second-order valence-corrected chi connectivity index (χ2v) is 3.45. The highest BCUT2D eigenvalue weighted by atomic mass is 16.5. The minimum atomic E-state index is -0.0464. The van der Waals surface area contributed by atoms with Crippen LogP contribution in [0.1, 0.15) is 35.3 Å². The van der Waals surface area contributed by atoms with Gasteiger partial charge in [-0.3, -0.25) is 4.79 Å². The second-order valence-electron chi connectivity index (χ2n) is 3.45. The lowest BCUT2D eigenvalue weighted by atomic mass is 10.2. The van der Waals surface area contributed by atoms with E-state index in [4.69, 9.17) is 4.74 Å². The number of methoxy groups -OCH3 is 1. The van der Waals surface area contributed by atoms with E-state index in [1.54, 1.807) is 19.4 Å². The van der Waals surface area contributed by atoms with Gasteiger partial charge in [0, 0.05) is 13.3 Å². The molecule has 4 heteroatoms. The van der Waals surface area contributed by atoms with Gasteiger partial charge < -0.3 is 4.74 Å². The first-order valence-electron chi connectivity index (χ1n) is 4.66. The Labute approximate surface area is 82.3 Å². The van der Waals surface area contributed by atoms with Crippen molar-refractivity contribution in [2.24, 2.45) is 5.92 Å². The van der Waals surface area contributed by atoms with Crippen LogP contribution in [0.3, 0.4) is 0 Å². The van der Waals surface area contributed by atoms with E-state index in [0.29, 0.717) is 17.4 Å². The average Bonchev–Trinajstić information content (AvgIpc) is 3.04. The molecular formula is C10H12N2O2. The third-order valence-corrected chi connectivity index (χ3v) is 2.38. The van der Waals surface area contributed by atoms with Crippen molar-refractivity contribution in [2.45, 2.75) is 18.9 Å². The minimum absolute atomic E-state index is 0.0464. The summed E-state index contributed by atoms with van der Waals surface area (Å²) < 4.78 is 5.32. The van der Waals surface area contributed by atoms with Crippen LogP contribution in [-0.4, -0.2) is 23.4 Å². The van der Waals surface area contributed by atoms with Crippen LogP contribution in [0, 0.1) is 5.92 Å². The fraction of sp³-hybridized carbons (Fsp3) is 0.500. The van der Waals surface area contributed by atoms with Crippen molar-refractivity contribution in [1.29, 1.82) is 0 Å². The summed E-state index contributed by atoms with van der Waals surface area (Å²) in [6.07, 6.45) is 4.60. The molecule has 0 aromatic carbocycles. The SMILES string of the molecule is COC(c1nccc(C=O)n1)C1CC1. The summed E-state index contributed by atoms with van der Waals surface area (Å²) in [5.74, 6) is 1.15. The van der Waals surface area contributed by atoms with Crippen LogP contribution in [0.5, 0.6) is 0 Å². The van der Waals surface area contributed by atoms with Crippen molar-refractivity contribution < 1.29 is 9.53 Å². The first-order chi connectivity index (χ1) is 6.85. The lowest BCUT2D eigenvalue weighted by Crippen LogP contribution is -2.09. The highest BCUT2D eigenvalue weighted by molar-refractivity contribution is 5.71. The van der Waals surface area contributed by atoms with Crippen LogP contribution >= 0.6 is 0 Å². The molecule has 0 saturated heterocycles. The lowest BCUT2D eigenvalue weighted by Gasteiger charge is -2.12. The number of aromatic nitrogens is 2. The van der Waals surface area contributed by atoms with Gasteiger partial charge in [0.1, 0.15) is 11.8 Å². The number of rotatable bonds is 4. The zero-order chi connectivity index (χ0) is 9.97. The van der Waals surface area contributed by atoms with Gasteiger partial charge in [0.15, 0.2) is 12.1 Å². The Morgan fingerprint density at radius 1 is 1.64 bits per heavy atom. The molecule has 1 aliphatic carbocycles. The molecule has 0 aliphatic heterocycles. The Kier molecular flexibility index (Phi) is 2.54. The van der Waals surface area contributed by atoms with Gasteiger partial charge in [-0.15, -0.1) is 0 Å². The van der Waals surface area contributed by atoms with E-state index in [0.717, 1.165) is 19.1 Å². The Bertz CT molecular complexity index is 337. The maximum absolute atomic E-state index is 10.5. The summed E-state index contributed by atoms with van der Waals surface area (Å²) in [5.41, 5.74) is 0.415. The van der Waals surface area contributed by atoms with Gasteiger partial charge in [0.25, 0.3) is 0 Å². The Morgan fingerprint density at radius 2 is 2.43 bits per heavy atom. The molecular weight excluding hydrogens is 180 g/mol. The Balaban J connectivity index is 2.24. The molecule has 1 atom stereocenters. The quantitative estimate of drug-likeness (QED) is 0.676. The number of hydrogen-bond donors (Lipinski definition) is 0. The summed E-state index contributed by atoms with van der Waals surface area (Å²) >= 11 is 0. The molecule has 2 rings (SSSR count). The van der Waals surface area contributed by atoms with E-state index in [1.165, 1.54) is 0 Å². The van der Waals surface area contributed by atoms with Gasteiger partial charge in [-0.05, 0) is 24.8 Å². The maximum Gasteiger partial charge on any atom is 0.168 e. The predicted octanol–water partition coefficient (Wildman–Crippen LogP) is 1.39. The molecule has 74 valence electrons. The van der Waals surface area contributed by atoms with Crippen LogP contribution < -0.4 is 0 Å². The molecule has 0 amide bonds. The first kappa shape index (κ1) is 9.27. The van der Waals surface area contributed by atoms with Crippen LogP contribution in [0.25, 0.3) is 0 Å². The summed E-state index contributed by atoms with van der Waals surface area (Å²) in [5, 5.41) is 0. The van der Waals surface area contributed by atoms with Gasteiger partial charge in [-0.2, -0.15) is 0 Å². The van der Waals surface area contributed by atoms with Gasteiger partial charge >= 0.3 is 0 Å². The van der Waals surface area contributed by atoms with Crippen molar-refractivity contribution >= 4 is 6.29 Å². The van der Waals surface area contributed by atoms with Gasteiger partial charge in [-0.25, -0.2) is 9.97 Å². The molecule has 1 aliphatic rings. The maximum atomic E-state index is 10.5. The van der Waals surface area contributed by atoms with Crippen LogP contribution in [-0.2, 0) is 4.74 Å². The van der Waals surface area contributed by atoms with E-state index in [9.17, 15) is 4.79 Å². The molecule has 1 aromatic rings. The van der Waals surface area contributed by atoms with Crippen molar-refractivity contribution in [3.63, 3.8) is 0 Å². The number of ether oxygens (including phenoxy) is 1. The van der Waals surface area contributed by atoms with Crippen LogP contribution in [0.2, 0.25) is 0 Å². The third-order valence-electron chi connectivity index (χ3n) is 2.38. The summed E-state index contributed by atoms with van der Waals surface area (Å²) in [7, 11) is 1.65. The monoisotopic (exact) mass is 192 g/mol. The first-order valence-corrected chi connectivity index (χ1v) is 4.66. The molecule has 1 aromatic heterocycles. The molecule has 0 radical (unpaired) electrons. The highest BCUT2D eigenvalue weighted by Gasteiger charge is 2.34. The molecule has 14 heavy (non-hydrogen) atoms. The number of hydrogen-bond acceptors (Lipinski definition) is 4. The molecule has 1 heterocycles. The van der Waals surface area contributed by atoms with Crippen LogP contribution in [0.4, 0.5) is 0 Å². The van der Waals surface area contributed by atoms with Crippen molar-refractivity contribution in [3.05, 3.63) is 23.8 Å². The van der Waals surface area contributed by atoms with Crippen molar-refractivity contribution in [1.82, 2.24) is 9.97 Å². The number of nitrogens with zero attached hydrogens (tertiary/aromatic N) is 2. The third kappa shape index (κ3) is 1.80. The highest BCUT2D eigenvalue weighted by Crippen LogP contribution is 2.41. The van der Waals surface area contributed by atoms with E-state index >= 15 is 0 Å². The number of carbonyl (C=O) groups excluding carboxylic acids is 1. The summed E-state index contributed by atoms with van der Waals surface area (Å²) in [6.45, 7) is 0. The molecule has 1 saturated carbocycles. The van der Waals surface area contributed by atoms with Crippen LogP contribution in [0.15, 0.2) is 12.3 Å². The van der Waals surface area contributed by atoms with E-state index in [-0.39, 0.29) is 6.10 Å². The fourth-order valence-electron chi connectivity index (χ4n) is 1.50. The molecule has 0 bridgehead atoms. The van der Waals surface area contributed by atoms with E-state index < -0.39 is 0 Å². The van der Waals surface area contributed by atoms with E-state index in [2.05, 4.69) is 9.97 Å². The number of aldehydes is 1. The molecule has 0 spiro atoms. The Hall–Kier alpha value is -1.29. The normalized spacial score (nSPS) is 17.8. The van der Waals surface area contributed by atoms with E-state index in [1.807, 2.05) is 0 Å². The summed E-state index contributed by atoms with van der Waals surface area (Å²) in [6, 6.07) is 1.59. The Morgan fingerprint density at radius 3 is 3.00 bits per heavy atom. The predicted molar refractivity (Wildman–Crippen MR) is 49.9 cm³/mol. The zero-order valence-electron chi connectivity index (χ0n) is 8.01. The molecule has 1 unspecified atom stereocenters. The number of carbonyl (C=O) groups is 1. The summed E-state index contributed by atoms with van der Waals surface area (Å²) in [4.78, 5) is 18.8. The van der Waals surface area contributed by atoms with Gasteiger partial charge in [-0.1, -0.05) is 0 Å². The van der Waals surface area contributed by atoms with Gasteiger partial charge in [0.2, 0.25) is 0 Å². The standard InChI is InChI=1S/C10H12N2O2/c1-14-9(7-2-3-7)10-11-5-4-8(6-13)12-10/h4-7,9H,2-3H2,1H3. The fourth-order valence-corrected chi connectivity index (χ4v) is 1.50. The zero-order valence-corrected chi connectivity index (χ0v) is 8.01. The smallest absolute Gasteiger partial charge is 0.168 e.